The quantitative estimate of drug-likeness (QED) is 0.669. The second-order valence-corrected chi connectivity index (χ2v) is 5.49. The van der Waals surface area contributed by atoms with Gasteiger partial charge < -0.3 is 10.2 Å². The van der Waals surface area contributed by atoms with Crippen molar-refractivity contribution < 1.29 is 15.0 Å². The largest absolute Gasteiger partial charge is 0.508 e. The van der Waals surface area contributed by atoms with Gasteiger partial charge >= 0.3 is 5.97 Å². The summed E-state index contributed by atoms with van der Waals surface area (Å²) < 4.78 is 0. The van der Waals surface area contributed by atoms with Crippen LogP contribution in [-0.2, 0) is 0 Å². The molecule has 2 aromatic carbocycles. The number of phenolic OH excluding ortho intramolecular Hbond substituents is 1. The van der Waals surface area contributed by atoms with E-state index in [2.05, 4.69) is 13.8 Å². The van der Waals surface area contributed by atoms with Crippen molar-refractivity contribution >= 4 is 5.97 Å². The molecule has 0 saturated heterocycles. The van der Waals surface area contributed by atoms with Crippen molar-refractivity contribution in [3.8, 4) is 16.9 Å². The first-order valence-corrected chi connectivity index (χ1v) is 8.21. The number of phenols is 1. The molecule has 2 aromatic rings. The Balaban J connectivity index is 0.000000322. The van der Waals surface area contributed by atoms with Gasteiger partial charge in [0.1, 0.15) is 5.75 Å². The maximum Gasteiger partial charge on any atom is 0.335 e. The van der Waals surface area contributed by atoms with Gasteiger partial charge in [0.2, 0.25) is 0 Å². The monoisotopic (exact) mass is 314 g/mol. The molecule has 0 aliphatic carbocycles. The lowest BCUT2D eigenvalue weighted by Crippen LogP contribution is -1.94. The first kappa shape index (κ1) is 18.8. The highest BCUT2D eigenvalue weighted by Gasteiger charge is 2.02. The van der Waals surface area contributed by atoms with E-state index in [4.69, 9.17) is 10.2 Å². The minimum atomic E-state index is -0.933. The highest BCUT2D eigenvalue weighted by Crippen LogP contribution is 2.22. The Kier molecular flexibility index (Phi) is 8.51. The normalized spacial score (nSPS) is 9.83. The van der Waals surface area contributed by atoms with E-state index in [1.165, 1.54) is 32.1 Å². The van der Waals surface area contributed by atoms with Gasteiger partial charge in [0.25, 0.3) is 0 Å². The molecule has 0 aliphatic rings. The van der Waals surface area contributed by atoms with Crippen LogP contribution in [0.5, 0.6) is 5.75 Å². The summed E-state index contributed by atoms with van der Waals surface area (Å²) in [5, 5.41) is 17.9. The van der Waals surface area contributed by atoms with Crippen molar-refractivity contribution in [1.82, 2.24) is 0 Å². The third-order valence-corrected chi connectivity index (χ3v) is 3.54. The van der Waals surface area contributed by atoms with Gasteiger partial charge in [-0.2, -0.15) is 0 Å². The number of carboxylic acid groups (broad SMARTS) is 1. The summed E-state index contributed by atoms with van der Waals surface area (Å²) in [6.07, 6.45) is 7.01. The van der Waals surface area contributed by atoms with Gasteiger partial charge in [-0.05, 0) is 35.4 Å². The Bertz CT molecular complexity index is 567. The lowest BCUT2D eigenvalue weighted by Gasteiger charge is -2.02. The standard InChI is InChI=1S/C13H10O3.C7H16/c14-12-7-5-10(6-8-12)9-1-3-11(4-2-9)13(15)16;1-3-5-7-6-4-2/h1-8,14H,(H,15,16);3-7H2,1-2H3. The number of carbonyl (C=O) groups is 1. The number of aromatic carboxylic acids is 1. The van der Waals surface area contributed by atoms with Crippen LogP contribution in [0, 0.1) is 0 Å². The van der Waals surface area contributed by atoms with Crippen molar-refractivity contribution in [2.75, 3.05) is 0 Å². The zero-order valence-corrected chi connectivity index (χ0v) is 14.0. The minimum absolute atomic E-state index is 0.214. The second kappa shape index (κ2) is 10.4. The van der Waals surface area contributed by atoms with Gasteiger partial charge in [-0.3, -0.25) is 0 Å². The molecule has 0 fully saturated rings. The van der Waals surface area contributed by atoms with Crippen LogP contribution in [0.3, 0.4) is 0 Å². The zero-order chi connectivity index (χ0) is 17.1. The van der Waals surface area contributed by atoms with Crippen LogP contribution in [0.25, 0.3) is 11.1 Å². The summed E-state index contributed by atoms with van der Waals surface area (Å²) in [6, 6.07) is 13.4. The lowest BCUT2D eigenvalue weighted by molar-refractivity contribution is 0.0697. The molecule has 0 atom stereocenters. The molecule has 0 unspecified atom stereocenters. The second-order valence-electron chi connectivity index (χ2n) is 5.49. The number of unbranched alkanes of at least 4 members (excludes halogenated alkanes) is 4. The number of rotatable bonds is 6. The molecular weight excluding hydrogens is 288 g/mol. The minimum Gasteiger partial charge on any atom is -0.508 e. The fourth-order valence-electron chi connectivity index (χ4n) is 2.14. The molecule has 0 amide bonds. The first-order chi connectivity index (χ1) is 11.1. The Morgan fingerprint density at radius 1 is 0.783 bits per heavy atom. The van der Waals surface area contributed by atoms with E-state index in [0.29, 0.717) is 0 Å². The predicted molar refractivity (Wildman–Crippen MR) is 94.9 cm³/mol. The summed E-state index contributed by atoms with van der Waals surface area (Å²) in [4.78, 5) is 10.7. The molecular formula is C20H26O3. The maximum absolute atomic E-state index is 10.7. The molecule has 3 heteroatoms. The summed E-state index contributed by atoms with van der Waals surface area (Å²) in [5.74, 6) is -0.719. The van der Waals surface area contributed by atoms with Crippen LogP contribution in [0.15, 0.2) is 48.5 Å². The molecule has 0 spiro atoms. The summed E-state index contributed by atoms with van der Waals surface area (Å²) >= 11 is 0. The van der Waals surface area contributed by atoms with Gasteiger partial charge in [-0.25, -0.2) is 4.79 Å². The number of carboxylic acids is 1. The van der Waals surface area contributed by atoms with Gasteiger partial charge in [-0.1, -0.05) is 70.2 Å². The number of hydrogen-bond acceptors (Lipinski definition) is 2. The van der Waals surface area contributed by atoms with E-state index in [1.54, 1.807) is 48.5 Å². The summed E-state index contributed by atoms with van der Waals surface area (Å²) in [5.41, 5.74) is 2.13. The maximum atomic E-state index is 10.7. The van der Waals surface area contributed by atoms with Gasteiger partial charge in [0.05, 0.1) is 5.56 Å². The van der Waals surface area contributed by atoms with E-state index < -0.39 is 5.97 Å². The molecule has 2 N–H and O–H groups in total. The SMILES string of the molecule is CCCCCCC.O=C(O)c1ccc(-c2ccc(O)cc2)cc1. The third kappa shape index (κ3) is 7.00. The van der Waals surface area contributed by atoms with Crippen molar-refractivity contribution in [2.24, 2.45) is 0 Å². The van der Waals surface area contributed by atoms with E-state index in [0.717, 1.165) is 11.1 Å². The Morgan fingerprint density at radius 3 is 1.61 bits per heavy atom. The summed E-state index contributed by atoms with van der Waals surface area (Å²) in [6.45, 7) is 4.49. The molecule has 124 valence electrons. The van der Waals surface area contributed by atoms with Crippen LogP contribution in [-0.4, -0.2) is 16.2 Å². The third-order valence-electron chi connectivity index (χ3n) is 3.54. The average Bonchev–Trinajstić information content (AvgIpc) is 2.57. The number of benzene rings is 2. The fourth-order valence-corrected chi connectivity index (χ4v) is 2.14. The van der Waals surface area contributed by atoms with Gasteiger partial charge in [-0.15, -0.1) is 0 Å². The number of hydrogen-bond donors (Lipinski definition) is 2. The molecule has 0 aliphatic heterocycles. The van der Waals surface area contributed by atoms with E-state index in [-0.39, 0.29) is 11.3 Å². The van der Waals surface area contributed by atoms with E-state index in [1.807, 2.05) is 0 Å². The smallest absolute Gasteiger partial charge is 0.335 e. The van der Waals surface area contributed by atoms with Gasteiger partial charge in [0.15, 0.2) is 0 Å². The van der Waals surface area contributed by atoms with Crippen LogP contribution in [0.4, 0.5) is 0 Å². The van der Waals surface area contributed by atoms with Crippen LogP contribution in [0.2, 0.25) is 0 Å². The molecule has 3 nitrogen and oxygen atoms in total. The predicted octanol–water partition coefficient (Wildman–Crippen LogP) is 5.73. The molecule has 0 aromatic heterocycles. The topological polar surface area (TPSA) is 57.5 Å². The highest BCUT2D eigenvalue weighted by molar-refractivity contribution is 5.88. The zero-order valence-electron chi connectivity index (χ0n) is 14.0. The average molecular weight is 314 g/mol. The van der Waals surface area contributed by atoms with E-state index in [9.17, 15) is 4.79 Å². The Morgan fingerprint density at radius 2 is 1.22 bits per heavy atom. The molecule has 0 heterocycles. The van der Waals surface area contributed by atoms with Crippen LogP contribution >= 0.6 is 0 Å². The number of aromatic hydroxyl groups is 1. The molecule has 0 bridgehead atoms. The highest BCUT2D eigenvalue weighted by atomic mass is 16.4. The molecule has 0 saturated carbocycles. The summed E-state index contributed by atoms with van der Waals surface area (Å²) in [7, 11) is 0. The first-order valence-electron chi connectivity index (χ1n) is 8.21. The van der Waals surface area contributed by atoms with Crippen molar-refractivity contribution in [2.45, 2.75) is 46.0 Å². The van der Waals surface area contributed by atoms with Crippen LogP contribution in [0.1, 0.15) is 56.3 Å². The van der Waals surface area contributed by atoms with Crippen molar-refractivity contribution in [3.63, 3.8) is 0 Å². The van der Waals surface area contributed by atoms with Crippen molar-refractivity contribution in [1.29, 1.82) is 0 Å². The lowest BCUT2D eigenvalue weighted by atomic mass is 10.0. The fraction of sp³-hybridized carbons (Fsp3) is 0.350. The van der Waals surface area contributed by atoms with Crippen LogP contribution < -0.4 is 0 Å². The Labute approximate surface area is 138 Å². The molecule has 0 radical (unpaired) electrons. The molecule has 2 rings (SSSR count). The Hall–Kier alpha value is -2.29. The van der Waals surface area contributed by atoms with Crippen molar-refractivity contribution in [3.05, 3.63) is 54.1 Å². The van der Waals surface area contributed by atoms with Gasteiger partial charge in [0, 0.05) is 0 Å². The van der Waals surface area contributed by atoms with E-state index >= 15 is 0 Å². The molecule has 23 heavy (non-hydrogen) atoms.